The number of anilines is 4. The second-order valence-electron chi connectivity index (χ2n) is 7.97. The number of nitrogens with one attached hydrogen (secondary N) is 2. The summed E-state index contributed by atoms with van der Waals surface area (Å²) in [5.74, 6) is 1.74. The number of pyridine rings is 1. The fourth-order valence-corrected chi connectivity index (χ4v) is 4.12. The quantitative estimate of drug-likeness (QED) is 0.425. The molecule has 11 heteroatoms. The number of halogens is 1. The molecule has 0 spiro atoms. The lowest BCUT2D eigenvalue weighted by Crippen LogP contribution is -2.40. The van der Waals surface area contributed by atoms with Crippen LogP contribution < -0.4 is 14.9 Å². The molecule has 1 fully saturated rings. The average Bonchev–Trinajstić information content (AvgIpc) is 2.90. The zero-order valence-corrected chi connectivity index (χ0v) is 21.5. The number of amides is 1. The van der Waals surface area contributed by atoms with Crippen LogP contribution in [-0.2, 0) is 11.3 Å². The third-order valence-corrected chi connectivity index (χ3v) is 6.66. The van der Waals surface area contributed by atoms with Crippen LogP contribution in [0.5, 0.6) is 0 Å². The highest BCUT2D eigenvalue weighted by atomic mass is 35.5. The highest BCUT2D eigenvalue weighted by Crippen LogP contribution is 2.26. The van der Waals surface area contributed by atoms with Gasteiger partial charge in [-0.2, -0.15) is 4.98 Å². The SMILES string of the molecule is CSN(C)c1ncccc1CNc1nc(Nc2cc(C(=O)N3CCOCC3)ccc2C)ncc1Cl. The van der Waals surface area contributed by atoms with Crippen LogP contribution in [0.1, 0.15) is 21.5 Å². The number of morpholine rings is 1. The Morgan fingerprint density at radius 1 is 1.26 bits per heavy atom. The molecule has 0 aliphatic carbocycles. The van der Waals surface area contributed by atoms with Crippen LogP contribution in [0.25, 0.3) is 0 Å². The van der Waals surface area contributed by atoms with Crippen molar-refractivity contribution in [2.24, 2.45) is 0 Å². The molecule has 1 amide bonds. The smallest absolute Gasteiger partial charge is 0.254 e. The van der Waals surface area contributed by atoms with Crippen molar-refractivity contribution in [3.63, 3.8) is 0 Å². The lowest BCUT2D eigenvalue weighted by molar-refractivity contribution is 0.0303. The number of carbonyl (C=O) groups excluding carboxylic acids is 1. The van der Waals surface area contributed by atoms with E-state index in [4.69, 9.17) is 16.3 Å². The predicted molar refractivity (Wildman–Crippen MR) is 142 cm³/mol. The molecule has 184 valence electrons. The third kappa shape index (κ3) is 6.14. The summed E-state index contributed by atoms with van der Waals surface area (Å²) in [7, 11) is 1.97. The molecule has 0 saturated carbocycles. The van der Waals surface area contributed by atoms with Gasteiger partial charge in [-0.25, -0.2) is 9.97 Å². The van der Waals surface area contributed by atoms with Crippen molar-refractivity contribution in [3.8, 4) is 0 Å². The lowest BCUT2D eigenvalue weighted by Gasteiger charge is -2.27. The van der Waals surface area contributed by atoms with Gasteiger partial charge in [0.25, 0.3) is 5.91 Å². The molecule has 2 N–H and O–H groups in total. The molecule has 0 radical (unpaired) electrons. The molecule has 1 aliphatic heterocycles. The van der Waals surface area contributed by atoms with Gasteiger partial charge in [-0.1, -0.05) is 35.7 Å². The Morgan fingerprint density at radius 3 is 2.83 bits per heavy atom. The molecule has 0 unspecified atom stereocenters. The van der Waals surface area contributed by atoms with Gasteiger partial charge in [0.1, 0.15) is 10.8 Å². The predicted octanol–water partition coefficient (Wildman–Crippen LogP) is 4.38. The molecule has 1 aromatic carbocycles. The van der Waals surface area contributed by atoms with E-state index in [9.17, 15) is 4.79 Å². The number of nitrogens with zero attached hydrogens (tertiary/aromatic N) is 5. The Morgan fingerprint density at radius 2 is 2.06 bits per heavy atom. The highest BCUT2D eigenvalue weighted by Gasteiger charge is 2.19. The number of rotatable bonds is 8. The Balaban J connectivity index is 1.50. The van der Waals surface area contributed by atoms with E-state index in [1.807, 2.05) is 54.9 Å². The van der Waals surface area contributed by atoms with Gasteiger partial charge in [0.15, 0.2) is 5.82 Å². The van der Waals surface area contributed by atoms with Gasteiger partial charge in [0.2, 0.25) is 5.95 Å². The number of benzene rings is 1. The van der Waals surface area contributed by atoms with Crippen molar-refractivity contribution in [2.75, 3.05) is 54.5 Å². The largest absolute Gasteiger partial charge is 0.378 e. The van der Waals surface area contributed by atoms with Crippen LogP contribution in [0.15, 0.2) is 42.7 Å². The minimum absolute atomic E-state index is 0.0155. The normalized spacial score (nSPS) is 13.4. The number of aromatic nitrogens is 3. The Labute approximate surface area is 214 Å². The number of hydrogen-bond acceptors (Lipinski definition) is 9. The van der Waals surface area contributed by atoms with Crippen molar-refractivity contribution in [2.45, 2.75) is 13.5 Å². The maximum Gasteiger partial charge on any atom is 0.254 e. The first-order chi connectivity index (χ1) is 17.0. The van der Waals surface area contributed by atoms with E-state index in [-0.39, 0.29) is 5.91 Å². The van der Waals surface area contributed by atoms with Crippen LogP contribution in [0.3, 0.4) is 0 Å². The van der Waals surface area contributed by atoms with E-state index in [1.165, 1.54) is 0 Å². The lowest BCUT2D eigenvalue weighted by atomic mass is 10.1. The third-order valence-electron chi connectivity index (χ3n) is 5.66. The molecular weight excluding hydrogens is 486 g/mol. The number of ether oxygens (including phenoxy) is 1. The summed E-state index contributed by atoms with van der Waals surface area (Å²) in [4.78, 5) is 28.1. The van der Waals surface area contributed by atoms with E-state index in [0.29, 0.717) is 55.2 Å². The van der Waals surface area contributed by atoms with E-state index >= 15 is 0 Å². The van der Waals surface area contributed by atoms with Crippen LogP contribution in [0, 0.1) is 6.92 Å². The van der Waals surface area contributed by atoms with Crippen molar-refractivity contribution in [1.82, 2.24) is 19.9 Å². The maximum atomic E-state index is 12.9. The molecule has 0 bridgehead atoms. The molecule has 1 aliphatic rings. The van der Waals surface area contributed by atoms with Crippen molar-refractivity contribution in [3.05, 3.63) is 64.4 Å². The van der Waals surface area contributed by atoms with Crippen LogP contribution in [0.2, 0.25) is 5.02 Å². The molecule has 3 aromatic rings. The van der Waals surface area contributed by atoms with Crippen molar-refractivity contribution >= 4 is 52.7 Å². The summed E-state index contributed by atoms with van der Waals surface area (Å²) < 4.78 is 7.35. The molecule has 1 saturated heterocycles. The van der Waals surface area contributed by atoms with Gasteiger partial charge in [0.05, 0.1) is 19.4 Å². The molecule has 2 aromatic heterocycles. The average molecular weight is 514 g/mol. The van der Waals surface area contributed by atoms with Crippen LogP contribution in [-0.4, -0.2) is 65.4 Å². The molecular formula is C24H28ClN7O2S. The topological polar surface area (TPSA) is 95.5 Å². The van der Waals surface area contributed by atoms with Gasteiger partial charge in [-0.05, 0) is 30.7 Å². The zero-order valence-electron chi connectivity index (χ0n) is 19.9. The fourth-order valence-electron chi connectivity index (χ4n) is 3.63. The van der Waals surface area contributed by atoms with E-state index in [1.54, 1.807) is 29.2 Å². The second kappa shape index (κ2) is 11.6. The Hall–Kier alpha value is -3.08. The summed E-state index contributed by atoms with van der Waals surface area (Å²) >= 11 is 7.96. The summed E-state index contributed by atoms with van der Waals surface area (Å²) in [6, 6.07) is 9.49. The molecule has 9 nitrogen and oxygen atoms in total. The molecule has 35 heavy (non-hydrogen) atoms. The Kier molecular flexibility index (Phi) is 8.27. The summed E-state index contributed by atoms with van der Waals surface area (Å²) in [5, 5.41) is 6.93. The molecule has 4 rings (SSSR count). The van der Waals surface area contributed by atoms with Gasteiger partial charge >= 0.3 is 0 Å². The second-order valence-corrected chi connectivity index (χ2v) is 9.29. The van der Waals surface area contributed by atoms with E-state index in [2.05, 4.69) is 25.6 Å². The number of carbonyl (C=O) groups is 1. The monoisotopic (exact) mass is 513 g/mol. The van der Waals surface area contributed by atoms with Gasteiger partial charge in [0, 0.05) is 55.9 Å². The van der Waals surface area contributed by atoms with E-state index in [0.717, 1.165) is 22.6 Å². The van der Waals surface area contributed by atoms with Crippen molar-refractivity contribution < 1.29 is 9.53 Å². The molecule has 0 atom stereocenters. The summed E-state index contributed by atoms with van der Waals surface area (Å²) in [5.41, 5.74) is 3.35. The summed E-state index contributed by atoms with van der Waals surface area (Å²) in [6.45, 7) is 4.77. The van der Waals surface area contributed by atoms with Crippen LogP contribution >= 0.6 is 23.5 Å². The first-order valence-corrected chi connectivity index (χ1v) is 12.7. The van der Waals surface area contributed by atoms with Crippen molar-refractivity contribution in [1.29, 1.82) is 0 Å². The first-order valence-electron chi connectivity index (χ1n) is 11.2. The highest BCUT2D eigenvalue weighted by molar-refractivity contribution is 7.99. The number of aryl methyl sites for hydroxylation is 1. The minimum atomic E-state index is -0.0155. The fraction of sp³-hybridized carbons (Fsp3) is 0.333. The molecule has 3 heterocycles. The van der Waals surface area contributed by atoms with Crippen LogP contribution in [0.4, 0.5) is 23.3 Å². The maximum absolute atomic E-state index is 12.9. The standard InChI is InChI=1S/C24H28ClN7O2S/c1-16-6-7-17(23(33)32-9-11-34-12-10-32)13-20(16)29-24-28-15-19(25)21(30-24)27-14-18-5-4-8-26-22(18)31(2)35-3/h4-8,13,15H,9-12,14H2,1-3H3,(H2,27,28,29,30). The van der Waals surface area contributed by atoms with E-state index < -0.39 is 0 Å². The first kappa shape index (κ1) is 25.0. The number of hydrogen-bond donors (Lipinski definition) is 2. The zero-order chi connectivity index (χ0) is 24.8. The van der Waals surface area contributed by atoms with Gasteiger partial charge < -0.3 is 24.6 Å². The minimum Gasteiger partial charge on any atom is -0.378 e. The van der Waals surface area contributed by atoms with Gasteiger partial charge in [-0.3, -0.25) is 4.79 Å². The Bertz CT molecular complexity index is 1190. The van der Waals surface area contributed by atoms with Gasteiger partial charge in [-0.15, -0.1) is 0 Å². The summed E-state index contributed by atoms with van der Waals surface area (Å²) in [6.07, 6.45) is 5.32.